The maximum atomic E-state index is 11.4. The molecule has 0 radical (unpaired) electrons. The Morgan fingerprint density at radius 2 is 2.40 bits per heavy atom. The quantitative estimate of drug-likeness (QED) is 0.700. The fourth-order valence-electron chi connectivity index (χ4n) is 1.22. The molecule has 0 spiro atoms. The summed E-state index contributed by atoms with van der Waals surface area (Å²) in [7, 11) is 3.71. The summed E-state index contributed by atoms with van der Waals surface area (Å²) < 4.78 is 1.95. The summed E-state index contributed by atoms with van der Waals surface area (Å²) in [4.78, 5) is 15.6. The smallest absolute Gasteiger partial charge is 0.236 e. The number of carbonyl (C=O) groups is 1. The lowest BCUT2D eigenvalue weighted by molar-refractivity contribution is -0.122. The zero-order chi connectivity index (χ0) is 11.3. The molecule has 0 fully saturated rings. The van der Waals surface area contributed by atoms with Crippen LogP contribution in [0.15, 0.2) is 12.4 Å². The monoisotopic (exact) mass is 210 g/mol. The van der Waals surface area contributed by atoms with Crippen molar-refractivity contribution in [2.24, 2.45) is 7.05 Å². The van der Waals surface area contributed by atoms with Crippen LogP contribution in [0.1, 0.15) is 12.7 Å². The topological polar surface area (TPSA) is 59.0 Å². The second kappa shape index (κ2) is 5.50. The van der Waals surface area contributed by atoms with Gasteiger partial charge >= 0.3 is 0 Å². The van der Waals surface area contributed by atoms with Crippen molar-refractivity contribution in [1.82, 2.24) is 20.2 Å². The Labute approximate surface area is 89.9 Å². The van der Waals surface area contributed by atoms with Crippen molar-refractivity contribution >= 4 is 5.91 Å². The van der Waals surface area contributed by atoms with E-state index in [1.165, 1.54) is 0 Å². The summed E-state index contributed by atoms with van der Waals surface area (Å²) in [5, 5.41) is 5.73. The second-order valence-corrected chi connectivity index (χ2v) is 3.51. The van der Waals surface area contributed by atoms with Gasteiger partial charge in [-0.1, -0.05) is 0 Å². The largest absolute Gasteiger partial charge is 0.354 e. The van der Waals surface area contributed by atoms with Crippen LogP contribution in [0.2, 0.25) is 0 Å². The van der Waals surface area contributed by atoms with E-state index >= 15 is 0 Å². The van der Waals surface area contributed by atoms with E-state index in [2.05, 4.69) is 15.6 Å². The Bertz CT molecular complexity index is 321. The van der Waals surface area contributed by atoms with Gasteiger partial charge < -0.3 is 15.2 Å². The van der Waals surface area contributed by atoms with E-state index in [1.807, 2.05) is 24.7 Å². The maximum absolute atomic E-state index is 11.4. The van der Waals surface area contributed by atoms with Gasteiger partial charge in [0.25, 0.3) is 0 Å². The van der Waals surface area contributed by atoms with Crippen LogP contribution in [0, 0.1) is 0 Å². The van der Waals surface area contributed by atoms with E-state index < -0.39 is 0 Å². The normalized spacial score (nSPS) is 12.5. The van der Waals surface area contributed by atoms with E-state index in [0.717, 1.165) is 12.2 Å². The van der Waals surface area contributed by atoms with Crippen molar-refractivity contribution in [1.29, 1.82) is 0 Å². The predicted octanol–water partition coefficient (Wildman–Crippen LogP) is -0.313. The van der Waals surface area contributed by atoms with Gasteiger partial charge in [-0.3, -0.25) is 4.79 Å². The van der Waals surface area contributed by atoms with Gasteiger partial charge in [0.15, 0.2) is 0 Å². The summed E-state index contributed by atoms with van der Waals surface area (Å²) in [5.41, 5.74) is 0. The molecular weight excluding hydrogens is 192 g/mol. The van der Waals surface area contributed by atoms with Crippen LogP contribution < -0.4 is 10.6 Å². The van der Waals surface area contributed by atoms with Gasteiger partial charge in [-0.05, 0) is 14.0 Å². The lowest BCUT2D eigenvalue weighted by atomic mass is 10.3. The van der Waals surface area contributed by atoms with Crippen LogP contribution in [-0.4, -0.2) is 35.1 Å². The fourth-order valence-corrected chi connectivity index (χ4v) is 1.22. The Morgan fingerprint density at radius 3 is 2.93 bits per heavy atom. The Balaban J connectivity index is 2.28. The third-order valence-corrected chi connectivity index (χ3v) is 2.40. The number of nitrogens with zero attached hydrogens (tertiary/aromatic N) is 2. The third-order valence-electron chi connectivity index (χ3n) is 2.40. The number of carbonyl (C=O) groups excluding carboxylic acids is 1. The molecule has 5 nitrogen and oxygen atoms in total. The molecule has 0 aliphatic rings. The average molecular weight is 210 g/mol. The molecule has 15 heavy (non-hydrogen) atoms. The number of hydrogen-bond acceptors (Lipinski definition) is 3. The lowest BCUT2D eigenvalue weighted by Gasteiger charge is -2.10. The zero-order valence-electron chi connectivity index (χ0n) is 9.45. The molecule has 1 unspecified atom stereocenters. The van der Waals surface area contributed by atoms with Crippen molar-refractivity contribution in [3.8, 4) is 0 Å². The minimum Gasteiger partial charge on any atom is -0.354 e. The van der Waals surface area contributed by atoms with Crippen molar-refractivity contribution in [2.45, 2.75) is 19.4 Å². The lowest BCUT2D eigenvalue weighted by Crippen LogP contribution is -2.41. The maximum Gasteiger partial charge on any atom is 0.236 e. The second-order valence-electron chi connectivity index (χ2n) is 3.51. The van der Waals surface area contributed by atoms with Gasteiger partial charge in [0.2, 0.25) is 5.91 Å². The highest BCUT2D eigenvalue weighted by Gasteiger charge is 2.09. The highest BCUT2D eigenvalue weighted by molar-refractivity contribution is 5.81. The molecule has 0 saturated carbocycles. The van der Waals surface area contributed by atoms with Gasteiger partial charge in [-0.25, -0.2) is 4.98 Å². The summed E-state index contributed by atoms with van der Waals surface area (Å²) in [6.45, 7) is 2.45. The van der Waals surface area contributed by atoms with Crippen molar-refractivity contribution in [3.05, 3.63) is 18.2 Å². The predicted molar refractivity (Wildman–Crippen MR) is 58.4 cm³/mol. The number of imidazole rings is 1. The molecular formula is C10H18N4O. The molecule has 0 aliphatic carbocycles. The van der Waals surface area contributed by atoms with Gasteiger partial charge in [0, 0.05) is 32.4 Å². The van der Waals surface area contributed by atoms with Gasteiger partial charge in [-0.2, -0.15) is 0 Å². The molecule has 1 atom stereocenters. The number of rotatable bonds is 5. The van der Waals surface area contributed by atoms with Crippen LogP contribution in [0.3, 0.4) is 0 Å². The van der Waals surface area contributed by atoms with E-state index in [1.54, 1.807) is 13.2 Å². The third kappa shape index (κ3) is 3.36. The summed E-state index contributed by atoms with van der Waals surface area (Å²) in [5.74, 6) is 0.999. The molecule has 1 aromatic rings. The van der Waals surface area contributed by atoms with Gasteiger partial charge in [0.1, 0.15) is 5.82 Å². The van der Waals surface area contributed by atoms with Crippen LogP contribution in [-0.2, 0) is 18.3 Å². The summed E-state index contributed by atoms with van der Waals surface area (Å²) >= 11 is 0. The van der Waals surface area contributed by atoms with Crippen LogP contribution in [0.4, 0.5) is 0 Å². The number of amides is 1. The van der Waals surface area contributed by atoms with E-state index in [9.17, 15) is 4.79 Å². The van der Waals surface area contributed by atoms with Crippen LogP contribution in [0.5, 0.6) is 0 Å². The highest BCUT2D eigenvalue weighted by Crippen LogP contribution is 1.94. The van der Waals surface area contributed by atoms with Gasteiger partial charge in [-0.15, -0.1) is 0 Å². The number of aromatic nitrogens is 2. The van der Waals surface area contributed by atoms with E-state index in [0.29, 0.717) is 6.54 Å². The van der Waals surface area contributed by atoms with Gasteiger partial charge in [0.05, 0.1) is 6.04 Å². The molecule has 84 valence electrons. The summed E-state index contributed by atoms with van der Waals surface area (Å²) in [6.07, 6.45) is 4.41. The fraction of sp³-hybridized carbons (Fsp3) is 0.600. The molecule has 1 heterocycles. The minimum atomic E-state index is -0.147. The molecule has 5 heteroatoms. The highest BCUT2D eigenvalue weighted by atomic mass is 16.2. The first-order valence-electron chi connectivity index (χ1n) is 5.06. The van der Waals surface area contributed by atoms with E-state index in [-0.39, 0.29) is 11.9 Å². The molecule has 0 aliphatic heterocycles. The molecule has 0 saturated heterocycles. The van der Waals surface area contributed by atoms with Crippen LogP contribution in [0.25, 0.3) is 0 Å². The van der Waals surface area contributed by atoms with Crippen molar-refractivity contribution in [2.75, 3.05) is 13.6 Å². The molecule has 2 N–H and O–H groups in total. The minimum absolute atomic E-state index is 0.0201. The Hall–Kier alpha value is -1.36. The number of nitrogens with one attached hydrogen (secondary N) is 2. The first kappa shape index (κ1) is 11.7. The molecule has 0 aromatic carbocycles. The SMILES string of the molecule is CNC(C)C(=O)NCCc1nccn1C. The average Bonchev–Trinajstić information content (AvgIpc) is 2.63. The molecule has 1 amide bonds. The zero-order valence-corrected chi connectivity index (χ0v) is 9.45. The van der Waals surface area contributed by atoms with E-state index in [4.69, 9.17) is 0 Å². The standard InChI is InChI=1S/C10H18N4O/c1-8(11-2)10(15)13-5-4-9-12-6-7-14(9)3/h6-8,11H,4-5H2,1-3H3,(H,13,15). The number of hydrogen-bond donors (Lipinski definition) is 2. The Kier molecular flexibility index (Phi) is 4.30. The van der Waals surface area contributed by atoms with Crippen molar-refractivity contribution < 1.29 is 4.79 Å². The first-order valence-corrected chi connectivity index (χ1v) is 5.06. The number of likely N-dealkylation sites (N-methyl/N-ethyl adjacent to an activating group) is 1. The summed E-state index contributed by atoms with van der Waals surface area (Å²) in [6, 6.07) is -0.147. The Morgan fingerprint density at radius 1 is 1.67 bits per heavy atom. The first-order chi connectivity index (χ1) is 7.15. The van der Waals surface area contributed by atoms with Crippen molar-refractivity contribution in [3.63, 3.8) is 0 Å². The molecule has 1 rings (SSSR count). The molecule has 1 aromatic heterocycles. The molecule has 0 bridgehead atoms. The van der Waals surface area contributed by atoms with Crippen LogP contribution >= 0.6 is 0 Å². The number of aryl methyl sites for hydroxylation is 1.